The Bertz CT molecular complexity index is 862. The summed E-state index contributed by atoms with van der Waals surface area (Å²) < 4.78 is 27.5. The number of carbonyl (C=O) groups excluding carboxylic acids is 2. The molecule has 0 aromatic heterocycles. The number of anilines is 1. The van der Waals surface area contributed by atoms with Crippen LogP contribution in [0.5, 0.6) is 0 Å². The van der Waals surface area contributed by atoms with Crippen molar-refractivity contribution in [3.8, 4) is 0 Å². The summed E-state index contributed by atoms with van der Waals surface area (Å²) in [4.78, 5) is 25.5. The van der Waals surface area contributed by atoms with Crippen LogP contribution in [0.4, 0.5) is 10.5 Å². The molecule has 1 saturated heterocycles. The second-order valence-electron chi connectivity index (χ2n) is 6.78. The number of rotatable bonds is 6. The third-order valence-corrected chi connectivity index (χ3v) is 6.95. The van der Waals surface area contributed by atoms with Gasteiger partial charge < -0.3 is 4.74 Å². The lowest BCUT2D eigenvalue weighted by Gasteiger charge is -2.26. The molecule has 1 aliphatic heterocycles. The van der Waals surface area contributed by atoms with Crippen molar-refractivity contribution in [2.24, 2.45) is 0 Å². The van der Waals surface area contributed by atoms with Gasteiger partial charge in [0.2, 0.25) is 0 Å². The Kier molecular flexibility index (Phi) is 5.96. The Hall–Kier alpha value is -2.39. The Balaban J connectivity index is 2.21. The summed E-state index contributed by atoms with van der Waals surface area (Å²) in [6.45, 7) is 5.21. The van der Waals surface area contributed by atoms with Crippen molar-refractivity contribution < 1.29 is 28.0 Å². The van der Waals surface area contributed by atoms with Crippen molar-refractivity contribution >= 4 is 33.1 Å². The van der Waals surface area contributed by atoms with E-state index in [0.717, 1.165) is 17.4 Å². The van der Waals surface area contributed by atoms with E-state index in [2.05, 4.69) is 0 Å². The molecule has 1 aliphatic rings. The average molecular weight is 396 g/mol. The second-order valence-corrected chi connectivity index (χ2v) is 9.23. The van der Waals surface area contributed by atoms with Crippen LogP contribution < -0.4 is 10.4 Å². The first-order valence-corrected chi connectivity index (χ1v) is 10.3. The van der Waals surface area contributed by atoms with E-state index in [1.54, 1.807) is 12.1 Å². The Morgan fingerprint density at radius 2 is 2.00 bits per heavy atom. The number of hydroxylamine groups is 1. The van der Waals surface area contributed by atoms with E-state index in [1.807, 2.05) is 32.1 Å². The summed E-state index contributed by atoms with van der Waals surface area (Å²) in [5, 5.41) is 8.89. The molecule has 2 N–H and O–H groups in total. The summed E-state index contributed by atoms with van der Waals surface area (Å²) in [6.07, 6.45) is 1.19. The van der Waals surface area contributed by atoms with Gasteiger partial charge in [-0.25, -0.2) is 18.7 Å². The maximum absolute atomic E-state index is 12.2. The minimum Gasteiger partial charge on any atom is -0.444 e. The van der Waals surface area contributed by atoms with Gasteiger partial charge in [-0.2, -0.15) is 0 Å². The van der Waals surface area contributed by atoms with Crippen LogP contribution in [-0.2, 0) is 19.4 Å². The third kappa shape index (κ3) is 4.14. The fourth-order valence-corrected chi connectivity index (χ4v) is 3.75. The first-order valence-electron chi connectivity index (χ1n) is 8.39. The molecule has 9 heteroatoms. The number of carbonyl (C=O) groups is 2. The van der Waals surface area contributed by atoms with Crippen LogP contribution >= 0.6 is 0 Å². The summed E-state index contributed by atoms with van der Waals surface area (Å²) in [7, 11) is -3.87. The lowest BCUT2D eigenvalue weighted by Crippen LogP contribution is -2.51. The van der Waals surface area contributed by atoms with Crippen molar-refractivity contribution in [3.05, 3.63) is 35.9 Å². The third-order valence-electron chi connectivity index (χ3n) is 4.96. The largest absolute Gasteiger partial charge is 0.444 e. The summed E-state index contributed by atoms with van der Waals surface area (Å²) in [6, 6.07) is 7.32. The van der Waals surface area contributed by atoms with Gasteiger partial charge in [-0.05, 0) is 44.0 Å². The van der Waals surface area contributed by atoms with Crippen LogP contribution in [0, 0.1) is 0 Å². The van der Waals surface area contributed by atoms with Gasteiger partial charge in [-0.15, -0.1) is 0 Å². The number of hydrogen-bond donors (Lipinski definition) is 2. The molecular formula is C18H24N2O6S. The van der Waals surface area contributed by atoms with Crippen LogP contribution in [-0.4, -0.2) is 49.3 Å². The van der Waals surface area contributed by atoms with Crippen molar-refractivity contribution in [3.63, 3.8) is 0 Å². The van der Waals surface area contributed by atoms with Gasteiger partial charge in [0.05, 0.1) is 6.54 Å². The Morgan fingerprint density at radius 1 is 1.41 bits per heavy atom. The predicted octanol–water partition coefficient (Wildman–Crippen LogP) is 2.13. The van der Waals surface area contributed by atoms with Gasteiger partial charge in [0.1, 0.15) is 6.10 Å². The first-order chi connectivity index (χ1) is 12.5. The molecular weight excluding hydrogens is 372 g/mol. The van der Waals surface area contributed by atoms with Gasteiger partial charge in [-0.3, -0.25) is 14.9 Å². The zero-order chi connectivity index (χ0) is 20.4. The average Bonchev–Trinajstić information content (AvgIpc) is 2.99. The van der Waals surface area contributed by atoms with Crippen molar-refractivity contribution in [1.29, 1.82) is 0 Å². The molecule has 2 atom stereocenters. The van der Waals surface area contributed by atoms with E-state index in [4.69, 9.17) is 9.94 Å². The molecule has 0 spiro atoms. The molecule has 2 amide bonds. The smallest absolute Gasteiger partial charge is 0.414 e. The van der Waals surface area contributed by atoms with Crippen LogP contribution in [0.15, 0.2) is 30.3 Å². The quantitative estimate of drug-likeness (QED) is 0.563. The topological polar surface area (TPSA) is 113 Å². The molecule has 0 saturated carbocycles. The van der Waals surface area contributed by atoms with Crippen molar-refractivity contribution in [1.82, 2.24) is 5.48 Å². The predicted molar refractivity (Wildman–Crippen MR) is 101 cm³/mol. The molecule has 0 aliphatic carbocycles. The second kappa shape index (κ2) is 7.69. The van der Waals surface area contributed by atoms with Gasteiger partial charge in [0.15, 0.2) is 14.6 Å². The van der Waals surface area contributed by atoms with Crippen molar-refractivity contribution in [2.75, 3.05) is 17.7 Å². The maximum Gasteiger partial charge on any atom is 0.414 e. The number of hydrogen-bond acceptors (Lipinski definition) is 6. The SMILES string of the molecule is C/C=C(/C)c1ccc(N2C[C@H](C[C@](C)(C(=O)NO)S(C)(=O)=O)OC2=O)cc1. The molecule has 148 valence electrons. The molecule has 0 bridgehead atoms. The molecule has 8 nitrogen and oxygen atoms in total. The van der Waals surface area contributed by atoms with E-state index >= 15 is 0 Å². The van der Waals surface area contributed by atoms with Gasteiger partial charge >= 0.3 is 6.09 Å². The number of allylic oxidation sites excluding steroid dienone is 2. The molecule has 1 aromatic rings. The fraction of sp³-hybridized carbons (Fsp3) is 0.444. The summed E-state index contributed by atoms with van der Waals surface area (Å²) in [5.74, 6) is -1.06. The Morgan fingerprint density at radius 3 is 2.48 bits per heavy atom. The summed E-state index contributed by atoms with van der Waals surface area (Å²) in [5.41, 5.74) is 4.12. The maximum atomic E-state index is 12.2. The van der Waals surface area contributed by atoms with Crippen LogP contribution in [0.2, 0.25) is 0 Å². The minimum absolute atomic E-state index is 0.102. The van der Waals surface area contributed by atoms with Gasteiger partial charge in [0.25, 0.3) is 5.91 Å². The van der Waals surface area contributed by atoms with E-state index < -0.39 is 32.7 Å². The number of nitrogens with one attached hydrogen (secondary N) is 1. The number of amides is 2. The Labute approximate surface area is 158 Å². The highest BCUT2D eigenvalue weighted by Crippen LogP contribution is 2.30. The molecule has 0 unspecified atom stereocenters. The van der Waals surface area contributed by atoms with E-state index in [1.165, 1.54) is 17.3 Å². The molecule has 1 fully saturated rings. The van der Waals surface area contributed by atoms with Crippen molar-refractivity contribution in [2.45, 2.75) is 38.0 Å². The van der Waals surface area contributed by atoms with Gasteiger partial charge in [0, 0.05) is 18.4 Å². The summed E-state index contributed by atoms with van der Waals surface area (Å²) >= 11 is 0. The fourth-order valence-electron chi connectivity index (χ4n) is 2.87. The lowest BCUT2D eigenvalue weighted by molar-refractivity contribution is -0.132. The molecule has 27 heavy (non-hydrogen) atoms. The molecule has 0 radical (unpaired) electrons. The number of ether oxygens (including phenoxy) is 1. The highest BCUT2D eigenvalue weighted by atomic mass is 32.2. The number of benzene rings is 1. The van der Waals surface area contributed by atoms with Crippen LogP contribution in [0.3, 0.4) is 0 Å². The number of nitrogens with zero attached hydrogens (tertiary/aromatic N) is 1. The van der Waals surface area contributed by atoms with E-state index in [0.29, 0.717) is 5.69 Å². The lowest BCUT2D eigenvalue weighted by atomic mass is 10.0. The zero-order valence-corrected chi connectivity index (χ0v) is 16.5. The van der Waals surface area contributed by atoms with Crippen LogP contribution in [0.25, 0.3) is 5.57 Å². The normalized spacial score (nSPS) is 20.2. The number of cyclic esters (lactones) is 1. The highest BCUT2D eigenvalue weighted by molar-refractivity contribution is 7.92. The molecule has 1 heterocycles. The molecule has 2 rings (SSSR count). The van der Waals surface area contributed by atoms with Crippen LogP contribution in [0.1, 0.15) is 32.8 Å². The van der Waals surface area contributed by atoms with E-state index in [9.17, 15) is 18.0 Å². The monoisotopic (exact) mass is 396 g/mol. The molecule has 1 aromatic carbocycles. The minimum atomic E-state index is -3.87. The first kappa shape index (κ1) is 20.9. The van der Waals surface area contributed by atoms with E-state index in [-0.39, 0.29) is 13.0 Å². The highest BCUT2D eigenvalue weighted by Gasteiger charge is 2.48. The van der Waals surface area contributed by atoms with Gasteiger partial charge in [-0.1, -0.05) is 18.2 Å². The zero-order valence-electron chi connectivity index (χ0n) is 15.7. The number of sulfone groups is 1. The standard InChI is InChI=1S/C18H24N2O6S/c1-5-12(2)13-6-8-14(9-7-13)20-11-15(26-17(20)22)10-18(3,16(21)19-23)27(4,24)25/h5-9,15,23H,10-11H2,1-4H3,(H,19,21)/b12-5-/t15-,18+/m0/s1.